The van der Waals surface area contributed by atoms with E-state index in [1.54, 1.807) is 23.1 Å². The zero-order valence-corrected chi connectivity index (χ0v) is 27.8. The number of ether oxygens (including phenoxy) is 1. The topological polar surface area (TPSA) is 70.2 Å². The highest BCUT2D eigenvalue weighted by atomic mass is 32.2. The van der Waals surface area contributed by atoms with Crippen LogP contribution in [-0.4, -0.2) is 56.1 Å². The molecule has 1 heterocycles. The number of hydrogen-bond acceptors (Lipinski definition) is 5. The van der Waals surface area contributed by atoms with E-state index in [0.717, 1.165) is 18.7 Å². The fourth-order valence-corrected chi connectivity index (χ4v) is 7.50. The van der Waals surface area contributed by atoms with E-state index in [1.807, 2.05) is 79.7 Å². The predicted octanol–water partition coefficient (Wildman–Crippen LogP) is 7.00. The first-order valence-corrected chi connectivity index (χ1v) is 16.6. The third-order valence-electron chi connectivity index (χ3n) is 8.14. The van der Waals surface area contributed by atoms with Gasteiger partial charge >= 0.3 is 6.09 Å². The second-order valence-electron chi connectivity index (χ2n) is 11.5. The Balaban J connectivity index is 0.00000461. The lowest BCUT2D eigenvalue weighted by Crippen LogP contribution is -2.49. The number of anilines is 1. The van der Waals surface area contributed by atoms with Crippen molar-refractivity contribution in [2.75, 3.05) is 24.0 Å². The van der Waals surface area contributed by atoms with Gasteiger partial charge in [-0.1, -0.05) is 91.0 Å². The van der Waals surface area contributed by atoms with Crippen molar-refractivity contribution in [2.45, 2.75) is 56.8 Å². The lowest BCUT2D eigenvalue weighted by atomic mass is 10.0. The number of hydrogen-bond donors (Lipinski definition) is 0. The normalized spacial score (nSPS) is 14.4. The molecular weight excluding hydrogens is 603 g/mol. The van der Waals surface area contributed by atoms with Crippen LogP contribution in [-0.2, 0) is 27.8 Å². The Labute approximate surface area is 274 Å². The Morgan fingerprint density at radius 2 is 1.36 bits per heavy atom. The number of nitrogens with zero attached hydrogens (tertiary/aromatic N) is 3. The van der Waals surface area contributed by atoms with Crippen LogP contribution in [0.2, 0.25) is 0 Å². The monoisotopic (exact) mass is 645 g/mol. The maximum Gasteiger partial charge on any atom is 0.409 e. The average molecular weight is 646 g/mol. The molecule has 0 radical (unpaired) electrons. The van der Waals surface area contributed by atoms with Gasteiger partial charge in [0, 0.05) is 38.3 Å². The number of carbonyl (C=O) groups is 1. The molecule has 1 aliphatic rings. The lowest BCUT2D eigenvalue weighted by Gasteiger charge is -2.38. The first-order valence-electron chi connectivity index (χ1n) is 15.2. The van der Waals surface area contributed by atoms with E-state index in [1.165, 1.54) is 15.4 Å². The van der Waals surface area contributed by atoms with Gasteiger partial charge in [-0.3, -0.25) is 9.21 Å². The molecule has 4 aromatic rings. The van der Waals surface area contributed by atoms with E-state index in [-0.39, 0.29) is 43.2 Å². The highest BCUT2D eigenvalue weighted by Crippen LogP contribution is 2.31. The molecule has 5 rings (SSSR count). The molecule has 1 amide bonds. The molecule has 0 saturated carbocycles. The molecule has 0 unspecified atom stereocenters. The Bertz CT molecular complexity index is 1560. The Hall–Kier alpha value is -3.79. The standard InChI is InChI=1S/C36H41N3O4S.H2S/c1-29-13-12-20-35(25-29)44(41,42)39(33-18-10-5-11-19-33)34-21-23-37(24-22-34)36(40)43-28-30(2)38(26-31-14-6-3-7-15-31)27-32-16-8-4-9-17-32;/h3-20,25,30,34H,21-24,26-28H2,1-2H3;1H2/t30-;/m0./s1. The van der Waals surface area contributed by atoms with Gasteiger partial charge in [0.15, 0.2) is 0 Å². The zero-order valence-electron chi connectivity index (χ0n) is 26.0. The Morgan fingerprint density at radius 1 is 0.822 bits per heavy atom. The van der Waals surface area contributed by atoms with Gasteiger partial charge in [0.05, 0.1) is 10.6 Å². The van der Waals surface area contributed by atoms with Crippen molar-refractivity contribution in [1.82, 2.24) is 9.80 Å². The summed E-state index contributed by atoms with van der Waals surface area (Å²) in [5.41, 5.74) is 3.91. The molecule has 0 bridgehead atoms. The number of para-hydroxylation sites is 1. The minimum Gasteiger partial charge on any atom is -0.448 e. The number of piperidine rings is 1. The summed E-state index contributed by atoms with van der Waals surface area (Å²) < 4.78 is 35.2. The molecule has 7 nitrogen and oxygen atoms in total. The number of aryl methyl sites for hydroxylation is 1. The van der Waals surface area contributed by atoms with E-state index >= 15 is 0 Å². The van der Waals surface area contributed by atoms with Gasteiger partial charge in [-0.15, -0.1) is 0 Å². The number of likely N-dealkylation sites (tertiary alicyclic amines) is 1. The minimum absolute atomic E-state index is 0. The third-order valence-corrected chi connectivity index (χ3v) is 10.0. The smallest absolute Gasteiger partial charge is 0.409 e. The average Bonchev–Trinajstić information content (AvgIpc) is 3.05. The van der Waals surface area contributed by atoms with Crippen molar-refractivity contribution in [1.29, 1.82) is 0 Å². The van der Waals surface area contributed by atoms with E-state index in [0.29, 0.717) is 31.6 Å². The molecule has 45 heavy (non-hydrogen) atoms. The fraction of sp³-hybridized carbons (Fsp3) is 0.306. The molecule has 1 aliphatic heterocycles. The van der Waals surface area contributed by atoms with Crippen LogP contribution in [0.25, 0.3) is 0 Å². The van der Waals surface area contributed by atoms with Crippen molar-refractivity contribution < 1.29 is 17.9 Å². The molecule has 0 aromatic heterocycles. The molecular formula is C36H43N3O4S2. The summed E-state index contributed by atoms with van der Waals surface area (Å²) in [6.45, 7) is 6.55. The first kappa shape index (κ1) is 34.1. The quantitative estimate of drug-likeness (QED) is 0.176. The molecule has 0 N–H and O–H groups in total. The van der Waals surface area contributed by atoms with Gasteiger partial charge < -0.3 is 9.64 Å². The van der Waals surface area contributed by atoms with Crippen LogP contribution in [0, 0.1) is 6.92 Å². The zero-order chi connectivity index (χ0) is 30.9. The third kappa shape index (κ3) is 8.90. The van der Waals surface area contributed by atoms with Gasteiger partial charge in [0.1, 0.15) is 6.61 Å². The van der Waals surface area contributed by atoms with Gasteiger partial charge in [0.25, 0.3) is 10.0 Å². The van der Waals surface area contributed by atoms with Gasteiger partial charge in [-0.2, -0.15) is 13.5 Å². The van der Waals surface area contributed by atoms with Crippen LogP contribution < -0.4 is 4.31 Å². The van der Waals surface area contributed by atoms with Crippen molar-refractivity contribution >= 4 is 35.3 Å². The van der Waals surface area contributed by atoms with Crippen LogP contribution in [0.3, 0.4) is 0 Å². The molecule has 1 fully saturated rings. The van der Waals surface area contributed by atoms with Crippen molar-refractivity contribution in [2.24, 2.45) is 0 Å². The molecule has 1 atom stereocenters. The number of rotatable bonds is 11. The minimum atomic E-state index is -3.80. The lowest BCUT2D eigenvalue weighted by molar-refractivity contribution is 0.0592. The first-order chi connectivity index (χ1) is 21.3. The van der Waals surface area contributed by atoms with Gasteiger partial charge in [0.2, 0.25) is 0 Å². The summed E-state index contributed by atoms with van der Waals surface area (Å²) in [6.07, 6.45) is 0.666. The second-order valence-corrected chi connectivity index (χ2v) is 13.3. The van der Waals surface area contributed by atoms with Crippen LogP contribution in [0.1, 0.15) is 36.5 Å². The maximum atomic E-state index is 13.9. The summed E-state index contributed by atoms with van der Waals surface area (Å²) in [5, 5.41) is 0. The van der Waals surface area contributed by atoms with Crippen LogP contribution in [0.5, 0.6) is 0 Å². The van der Waals surface area contributed by atoms with Gasteiger partial charge in [-0.25, -0.2) is 13.2 Å². The van der Waals surface area contributed by atoms with Gasteiger partial charge in [-0.05, 0) is 67.6 Å². The van der Waals surface area contributed by atoms with Crippen LogP contribution in [0.15, 0.2) is 120 Å². The molecule has 0 spiro atoms. The fourth-order valence-electron chi connectivity index (χ4n) is 5.69. The number of amides is 1. The second kappa shape index (κ2) is 16.0. The maximum absolute atomic E-state index is 13.9. The number of sulfonamides is 1. The van der Waals surface area contributed by atoms with Crippen LogP contribution in [0.4, 0.5) is 10.5 Å². The van der Waals surface area contributed by atoms with Crippen molar-refractivity contribution in [3.63, 3.8) is 0 Å². The Kier molecular flexibility index (Phi) is 12.1. The van der Waals surface area contributed by atoms with Crippen molar-refractivity contribution in [3.8, 4) is 0 Å². The summed E-state index contributed by atoms with van der Waals surface area (Å²) in [5.74, 6) is 0. The molecule has 1 saturated heterocycles. The number of benzene rings is 4. The van der Waals surface area contributed by atoms with E-state index in [2.05, 4.69) is 36.1 Å². The Morgan fingerprint density at radius 3 is 1.89 bits per heavy atom. The largest absolute Gasteiger partial charge is 0.448 e. The number of carbonyl (C=O) groups excluding carboxylic acids is 1. The van der Waals surface area contributed by atoms with E-state index < -0.39 is 10.0 Å². The van der Waals surface area contributed by atoms with E-state index in [4.69, 9.17) is 4.74 Å². The predicted molar refractivity (Wildman–Crippen MR) is 185 cm³/mol. The highest BCUT2D eigenvalue weighted by molar-refractivity contribution is 7.92. The van der Waals surface area contributed by atoms with Crippen molar-refractivity contribution in [3.05, 3.63) is 132 Å². The summed E-state index contributed by atoms with van der Waals surface area (Å²) in [4.78, 5) is 17.5. The molecule has 0 aliphatic carbocycles. The molecule has 238 valence electrons. The van der Waals surface area contributed by atoms with E-state index in [9.17, 15) is 13.2 Å². The SMILES string of the molecule is Cc1cccc(S(=O)(=O)N(c2ccccc2)C2CCN(C(=O)OC[C@H](C)N(Cc3ccccc3)Cc3ccccc3)CC2)c1.S. The summed E-state index contributed by atoms with van der Waals surface area (Å²) in [7, 11) is -3.80. The molecule has 9 heteroatoms. The highest BCUT2D eigenvalue weighted by Gasteiger charge is 2.35. The summed E-state index contributed by atoms with van der Waals surface area (Å²) >= 11 is 0. The molecule has 4 aromatic carbocycles. The van der Waals surface area contributed by atoms with Crippen LogP contribution >= 0.6 is 13.5 Å². The summed E-state index contributed by atoms with van der Waals surface area (Å²) in [6, 6.07) is 36.6.